The van der Waals surface area contributed by atoms with E-state index in [0.717, 1.165) is 0 Å². The van der Waals surface area contributed by atoms with Crippen molar-refractivity contribution in [1.29, 1.82) is 0 Å². The van der Waals surface area contributed by atoms with Crippen LogP contribution in [0.5, 0.6) is 0 Å². The van der Waals surface area contributed by atoms with Crippen LogP contribution in [0.15, 0.2) is 0 Å². The Kier molecular flexibility index (Phi) is 4.57. The zero-order valence-electron chi connectivity index (χ0n) is 2.09. The zero-order chi connectivity index (χ0) is 3.41. The quantitative estimate of drug-likeness (QED) is 0.330. The molecule has 4 heavy (non-hydrogen) atoms. The van der Waals surface area contributed by atoms with E-state index >= 15 is 0 Å². The molecule has 0 aliphatic rings. The van der Waals surface area contributed by atoms with E-state index in [1.54, 1.807) is 0 Å². The smallest absolute Gasteiger partial charge is 0.277 e. The average molecular weight is 128 g/mol. The van der Waals surface area contributed by atoms with Crippen LogP contribution in [0.1, 0.15) is 0 Å². The topological polar surface area (TPSA) is 0 Å². The molecule has 0 rings (SSSR count). The standard InChI is InChI=1S/C2.BrH.Mg/c1-2;;/h;1H;/q;;+1/p-1. The molecule has 0 spiro atoms. The van der Waals surface area contributed by atoms with Crippen LogP contribution in [0.2, 0.25) is 0 Å². The van der Waals surface area contributed by atoms with E-state index < -0.39 is 0 Å². The van der Waals surface area contributed by atoms with E-state index in [0.29, 0.717) is 0 Å². The second-order valence-electron chi connectivity index (χ2n) is 0.310. The normalized spacial score (nSPS) is 3.00. The molecule has 0 amide bonds. The summed E-state index contributed by atoms with van der Waals surface area (Å²) < 4.78 is 2.24. The third-order valence-electron chi connectivity index (χ3n) is 0.0668. The van der Waals surface area contributed by atoms with E-state index in [-0.39, 0.29) is 18.2 Å². The second-order valence-corrected chi connectivity index (χ2v) is 2.61. The van der Waals surface area contributed by atoms with Gasteiger partial charge in [-0.2, -0.15) is 0 Å². The molecule has 0 unspecified atom stereocenters. The molecule has 2 heteroatoms. The Bertz CT molecular complexity index is 35.8. The minimum atomic E-state index is -0.346. The first kappa shape index (κ1) is 4.81. The molecule has 0 aliphatic carbocycles. The molecular weight excluding hydrogens is 128 g/mol. The molecule has 17 valence electrons. The number of rotatable bonds is 0. The van der Waals surface area contributed by atoms with Crippen molar-refractivity contribution in [3.63, 3.8) is 0 Å². The summed E-state index contributed by atoms with van der Waals surface area (Å²) in [5.41, 5.74) is 0. The summed E-state index contributed by atoms with van der Waals surface area (Å²) in [7, 11) is 0. The van der Waals surface area contributed by atoms with Crippen molar-refractivity contribution < 1.29 is 0 Å². The molecule has 1 radical (unpaired) electrons. The van der Waals surface area contributed by atoms with Crippen LogP contribution < -0.4 is 0 Å². The highest BCUT2D eigenvalue weighted by molar-refractivity contribution is 9.23. The molecule has 0 aromatic rings. The summed E-state index contributed by atoms with van der Waals surface area (Å²) >= 11 is 2.74. The van der Waals surface area contributed by atoms with Crippen molar-refractivity contribution >= 4 is 31.1 Å². The van der Waals surface area contributed by atoms with E-state index in [1.165, 1.54) is 0 Å². The fourth-order valence-electron chi connectivity index (χ4n) is 0. The molecule has 0 fully saturated rings. The lowest BCUT2D eigenvalue weighted by atomic mass is 11.4. The van der Waals surface area contributed by atoms with Crippen LogP contribution in [0.3, 0.4) is 0 Å². The fraction of sp³-hybridized carbons (Fsp3) is 0. The van der Waals surface area contributed by atoms with Crippen LogP contribution in [0, 0.1) is 10.5 Å². The van der Waals surface area contributed by atoms with Crippen molar-refractivity contribution in [2.75, 3.05) is 0 Å². The second kappa shape index (κ2) is 3.81. The average Bonchev–Trinajstić information content (AvgIpc) is 1.37. The van der Waals surface area contributed by atoms with Crippen LogP contribution in [0.25, 0.3) is 0 Å². The molecule has 0 bridgehead atoms. The van der Waals surface area contributed by atoms with Crippen molar-refractivity contribution in [3.05, 3.63) is 6.42 Å². The zero-order valence-corrected chi connectivity index (χ0v) is 5.09. The molecule has 0 aromatic heterocycles. The van der Waals surface area contributed by atoms with Gasteiger partial charge in [-0.25, -0.2) is 4.05 Å². The van der Waals surface area contributed by atoms with Gasteiger partial charge < -0.3 is 0 Å². The molecule has 0 atom stereocenters. The maximum absolute atomic E-state index is 6.22. The number of hydrogen-bond acceptors (Lipinski definition) is 0. The van der Waals surface area contributed by atoms with E-state index in [4.69, 9.17) is 6.42 Å². The summed E-state index contributed by atoms with van der Waals surface area (Å²) in [6.07, 6.45) is 6.22. The first-order valence-electron chi connectivity index (χ1n) is 0.871. The highest BCUT2D eigenvalue weighted by Gasteiger charge is 1.67. The van der Waals surface area contributed by atoms with Gasteiger partial charge in [-0.15, -0.1) is 0 Å². The minimum Gasteiger partial charge on any atom is -0.277 e. The maximum Gasteiger partial charge on any atom is 0.571 e. The van der Waals surface area contributed by atoms with Gasteiger partial charge in [0, 0.05) is 0 Å². The Morgan fingerprint density at radius 1 is 2.00 bits per heavy atom. The molecular formula is C2BrMg. The SMILES string of the molecule is [C]#[C][Mg][Br]. The van der Waals surface area contributed by atoms with Crippen molar-refractivity contribution in [1.82, 2.24) is 0 Å². The molecule has 0 saturated carbocycles. The first-order valence-corrected chi connectivity index (χ1v) is 5.48. The Morgan fingerprint density at radius 3 is 2.25 bits per heavy atom. The number of halogens is 1. The Labute approximate surface area is 41.6 Å². The lowest BCUT2D eigenvalue weighted by Crippen LogP contribution is -1.54. The summed E-state index contributed by atoms with van der Waals surface area (Å²) in [4.78, 5) is 0. The Balaban J connectivity index is 2.43. The monoisotopic (exact) mass is 127 g/mol. The molecule has 0 nitrogen and oxygen atoms in total. The van der Waals surface area contributed by atoms with Gasteiger partial charge in [0.15, 0.2) is 0 Å². The first-order chi connectivity index (χ1) is 1.91. The van der Waals surface area contributed by atoms with Gasteiger partial charge in [-0.3, -0.25) is 12.9 Å². The molecule has 0 saturated heterocycles. The minimum absolute atomic E-state index is 0.346. The summed E-state index contributed by atoms with van der Waals surface area (Å²) in [6, 6.07) is 0. The summed E-state index contributed by atoms with van der Waals surface area (Å²) in [5, 5.41) is 0. The highest BCUT2D eigenvalue weighted by Crippen LogP contribution is 1.62. The van der Waals surface area contributed by atoms with Gasteiger partial charge in [0.2, 0.25) is 0 Å². The van der Waals surface area contributed by atoms with Gasteiger partial charge in [0.25, 0.3) is 0 Å². The fourth-order valence-corrected chi connectivity index (χ4v) is 0. The largest absolute Gasteiger partial charge is 0.571 e. The van der Waals surface area contributed by atoms with Crippen molar-refractivity contribution in [3.8, 4) is 4.05 Å². The predicted octanol–water partition coefficient (Wildman–Crippen LogP) is 0.548. The number of hydrogen-bond donors (Lipinski definition) is 0. The Morgan fingerprint density at radius 2 is 2.25 bits per heavy atom. The van der Waals surface area contributed by atoms with Crippen LogP contribution in [0.4, 0.5) is 0 Å². The summed E-state index contributed by atoms with van der Waals surface area (Å²) in [6.45, 7) is 0. The van der Waals surface area contributed by atoms with E-state index in [1.807, 2.05) is 0 Å². The maximum atomic E-state index is 6.22. The predicted molar refractivity (Wildman–Crippen MR) is 21.8 cm³/mol. The van der Waals surface area contributed by atoms with Gasteiger partial charge in [-0.1, -0.05) is 6.42 Å². The van der Waals surface area contributed by atoms with Gasteiger partial charge >= 0.3 is 18.2 Å². The van der Waals surface area contributed by atoms with Crippen LogP contribution in [-0.4, -0.2) is 18.2 Å². The molecule has 0 aromatic carbocycles. The van der Waals surface area contributed by atoms with Crippen LogP contribution >= 0.6 is 12.9 Å². The Hall–Kier alpha value is 0.806. The third kappa shape index (κ3) is 2.81. The van der Waals surface area contributed by atoms with Gasteiger partial charge in [0.05, 0.1) is 0 Å². The van der Waals surface area contributed by atoms with E-state index in [2.05, 4.69) is 16.9 Å². The third-order valence-corrected chi connectivity index (χ3v) is 1.04. The lowest BCUT2D eigenvalue weighted by molar-refractivity contribution is 2.79. The lowest BCUT2D eigenvalue weighted by Gasteiger charge is -1.40. The van der Waals surface area contributed by atoms with E-state index in [9.17, 15) is 0 Å². The van der Waals surface area contributed by atoms with Crippen molar-refractivity contribution in [2.45, 2.75) is 0 Å². The van der Waals surface area contributed by atoms with Crippen molar-refractivity contribution in [2.24, 2.45) is 0 Å². The summed E-state index contributed by atoms with van der Waals surface area (Å²) in [5.74, 6) is 0. The molecule has 0 N–H and O–H groups in total. The van der Waals surface area contributed by atoms with Crippen LogP contribution in [-0.2, 0) is 0 Å². The van der Waals surface area contributed by atoms with Gasteiger partial charge in [0.1, 0.15) is 0 Å². The molecule has 0 aliphatic heterocycles. The molecule has 0 heterocycles. The highest BCUT2D eigenvalue weighted by atomic mass is 79.9. The van der Waals surface area contributed by atoms with Gasteiger partial charge in [-0.05, 0) is 0 Å².